The first-order chi connectivity index (χ1) is 9.65. The Morgan fingerprint density at radius 3 is 2.90 bits per heavy atom. The molecule has 0 bridgehead atoms. The lowest BCUT2D eigenvalue weighted by Gasteiger charge is -2.25. The quantitative estimate of drug-likeness (QED) is 0.854. The molecule has 0 aliphatic carbocycles. The number of hydrogen-bond donors (Lipinski definition) is 2. The number of benzene rings is 1. The van der Waals surface area contributed by atoms with Crippen LogP contribution in [-0.2, 0) is 4.79 Å². The minimum absolute atomic E-state index is 0.0482. The zero-order valence-electron chi connectivity index (χ0n) is 11.7. The summed E-state index contributed by atoms with van der Waals surface area (Å²) in [6.07, 6.45) is 0. The van der Waals surface area contributed by atoms with E-state index in [1.807, 2.05) is 43.0 Å². The van der Waals surface area contributed by atoms with Crippen molar-refractivity contribution in [3.8, 4) is 0 Å². The van der Waals surface area contributed by atoms with E-state index in [2.05, 4.69) is 10.3 Å². The number of likely N-dealkylation sites (N-methyl/N-ethyl adjacent to an activating group) is 1. The number of nitrogens with zero attached hydrogens (tertiary/aromatic N) is 2. The van der Waals surface area contributed by atoms with E-state index in [1.54, 1.807) is 0 Å². The van der Waals surface area contributed by atoms with Crippen LogP contribution in [0.3, 0.4) is 0 Å². The monoisotopic (exact) mass is 293 g/mol. The van der Waals surface area contributed by atoms with Gasteiger partial charge in [0.05, 0.1) is 22.9 Å². The lowest BCUT2D eigenvalue weighted by atomic mass is 10.2. The SMILES string of the molecule is CCN(CCO)C(C)C(=O)Nc1nc2ccccc2s1. The average Bonchev–Trinajstić information content (AvgIpc) is 2.86. The predicted molar refractivity (Wildman–Crippen MR) is 82.0 cm³/mol. The van der Waals surface area contributed by atoms with Crippen LogP contribution in [0.5, 0.6) is 0 Å². The first kappa shape index (κ1) is 14.9. The third-order valence-electron chi connectivity index (χ3n) is 3.24. The van der Waals surface area contributed by atoms with Gasteiger partial charge in [-0.2, -0.15) is 0 Å². The molecule has 108 valence electrons. The van der Waals surface area contributed by atoms with Crippen LogP contribution < -0.4 is 5.32 Å². The minimum Gasteiger partial charge on any atom is -0.395 e. The fraction of sp³-hybridized carbons (Fsp3) is 0.429. The van der Waals surface area contributed by atoms with Gasteiger partial charge in [0, 0.05) is 6.54 Å². The second kappa shape index (κ2) is 6.78. The van der Waals surface area contributed by atoms with E-state index >= 15 is 0 Å². The second-order valence-corrected chi connectivity index (χ2v) is 5.53. The van der Waals surface area contributed by atoms with Crippen molar-refractivity contribution in [2.75, 3.05) is 25.0 Å². The van der Waals surface area contributed by atoms with Crippen molar-refractivity contribution in [2.24, 2.45) is 0 Å². The molecule has 0 fully saturated rings. The summed E-state index contributed by atoms with van der Waals surface area (Å²) in [6, 6.07) is 7.50. The molecule has 1 amide bonds. The maximum absolute atomic E-state index is 12.2. The van der Waals surface area contributed by atoms with Gasteiger partial charge in [-0.3, -0.25) is 9.69 Å². The molecule has 5 nitrogen and oxygen atoms in total. The highest BCUT2D eigenvalue weighted by Gasteiger charge is 2.20. The minimum atomic E-state index is -0.292. The molecule has 0 spiro atoms. The Kier molecular flexibility index (Phi) is 5.05. The van der Waals surface area contributed by atoms with Gasteiger partial charge in [0.2, 0.25) is 5.91 Å². The van der Waals surface area contributed by atoms with E-state index in [4.69, 9.17) is 5.11 Å². The van der Waals surface area contributed by atoms with Gasteiger partial charge in [0.1, 0.15) is 0 Å². The Morgan fingerprint density at radius 1 is 1.50 bits per heavy atom. The van der Waals surface area contributed by atoms with Gasteiger partial charge in [0.15, 0.2) is 5.13 Å². The number of para-hydroxylation sites is 1. The zero-order chi connectivity index (χ0) is 14.5. The molecule has 1 atom stereocenters. The number of hydrogen-bond acceptors (Lipinski definition) is 5. The average molecular weight is 293 g/mol. The zero-order valence-corrected chi connectivity index (χ0v) is 12.5. The smallest absolute Gasteiger partial charge is 0.243 e. The molecule has 2 rings (SSSR count). The van der Waals surface area contributed by atoms with E-state index in [-0.39, 0.29) is 18.6 Å². The van der Waals surface area contributed by atoms with Gasteiger partial charge in [-0.1, -0.05) is 30.4 Å². The summed E-state index contributed by atoms with van der Waals surface area (Å²) >= 11 is 1.46. The standard InChI is InChI=1S/C14H19N3O2S/c1-3-17(8-9-18)10(2)13(19)16-14-15-11-6-4-5-7-12(11)20-14/h4-7,10,18H,3,8-9H2,1-2H3,(H,15,16,19). The first-order valence-corrected chi connectivity index (χ1v) is 7.48. The second-order valence-electron chi connectivity index (χ2n) is 4.50. The molecule has 1 aromatic carbocycles. The Balaban J connectivity index is 2.06. The molecule has 2 aromatic rings. The van der Waals surface area contributed by atoms with E-state index in [9.17, 15) is 4.79 Å². The number of carbonyl (C=O) groups is 1. The Bertz CT molecular complexity index is 552. The molecule has 0 aliphatic rings. The van der Waals surface area contributed by atoms with Crippen molar-refractivity contribution in [1.82, 2.24) is 9.88 Å². The van der Waals surface area contributed by atoms with Crippen LogP contribution in [0.1, 0.15) is 13.8 Å². The highest BCUT2D eigenvalue weighted by molar-refractivity contribution is 7.22. The summed E-state index contributed by atoms with van der Waals surface area (Å²) in [5.41, 5.74) is 0.892. The van der Waals surface area contributed by atoms with Crippen molar-refractivity contribution >= 4 is 32.6 Å². The molecule has 0 saturated carbocycles. The van der Waals surface area contributed by atoms with Crippen LogP contribution in [0.4, 0.5) is 5.13 Å². The van der Waals surface area contributed by atoms with Crippen molar-refractivity contribution in [3.05, 3.63) is 24.3 Å². The molecule has 6 heteroatoms. The molecule has 0 saturated heterocycles. The topological polar surface area (TPSA) is 65.5 Å². The third kappa shape index (κ3) is 3.33. The van der Waals surface area contributed by atoms with Crippen LogP contribution >= 0.6 is 11.3 Å². The summed E-state index contributed by atoms with van der Waals surface area (Å²) < 4.78 is 1.05. The number of aliphatic hydroxyl groups is 1. The molecule has 20 heavy (non-hydrogen) atoms. The third-order valence-corrected chi connectivity index (χ3v) is 4.20. The number of thiazole rings is 1. The molecule has 0 aliphatic heterocycles. The number of carbonyl (C=O) groups excluding carboxylic acids is 1. The lowest BCUT2D eigenvalue weighted by molar-refractivity contribution is -0.120. The largest absolute Gasteiger partial charge is 0.395 e. The van der Waals surface area contributed by atoms with Crippen LogP contribution in [0.15, 0.2) is 24.3 Å². The normalized spacial score (nSPS) is 12.8. The molecule has 1 unspecified atom stereocenters. The number of aromatic nitrogens is 1. The molecule has 0 radical (unpaired) electrons. The lowest BCUT2D eigenvalue weighted by Crippen LogP contribution is -2.43. The van der Waals surface area contributed by atoms with E-state index in [0.29, 0.717) is 11.7 Å². The first-order valence-electron chi connectivity index (χ1n) is 6.67. The van der Waals surface area contributed by atoms with Crippen LogP contribution in [-0.4, -0.2) is 46.6 Å². The summed E-state index contributed by atoms with van der Waals surface area (Å²) in [7, 11) is 0. The number of fused-ring (bicyclic) bond motifs is 1. The molecule has 1 aromatic heterocycles. The van der Waals surface area contributed by atoms with Crippen molar-refractivity contribution in [3.63, 3.8) is 0 Å². The molecule has 2 N–H and O–H groups in total. The Morgan fingerprint density at radius 2 is 2.25 bits per heavy atom. The van der Waals surface area contributed by atoms with Gasteiger partial charge in [-0.25, -0.2) is 4.98 Å². The van der Waals surface area contributed by atoms with Crippen molar-refractivity contribution < 1.29 is 9.90 Å². The van der Waals surface area contributed by atoms with Crippen LogP contribution in [0.25, 0.3) is 10.2 Å². The summed E-state index contributed by atoms with van der Waals surface area (Å²) in [6.45, 7) is 5.06. The number of amides is 1. The summed E-state index contributed by atoms with van der Waals surface area (Å²) in [5, 5.41) is 12.5. The van der Waals surface area contributed by atoms with Crippen molar-refractivity contribution in [1.29, 1.82) is 0 Å². The fourth-order valence-electron chi connectivity index (χ4n) is 2.06. The van der Waals surface area contributed by atoms with Gasteiger partial charge in [-0.05, 0) is 25.6 Å². The van der Waals surface area contributed by atoms with Gasteiger partial charge >= 0.3 is 0 Å². The Labute approximate surface area is 122 Å². The van der Waals surface area contributed by atoms with Crippen LogP contribution in [0, 0.1) is 0 Å². The van der Waals surface area contributed by atoms with E-state index in [0.717, 1.165) is 16.8 Å². The van der Waals surface area contributed by atoms with Gasteiger partial charge in [0.25, 0.3) is 0 Å². The van der Waals surface area contributed by atoms with E-state index in [1.165, 1.54) is 11.3 Å². The van der Waals surface area contributed by atoms with E-state index < -0.39 is 0 Å². The number of aliphatic hydroxyl groups excluding tert-OH is 1. The molecular weight excluding hydrogens is 274 g/mol. The molecule has 1 heterocycles. The van der Waals surface area contributed by atoms with Crippen LogP contribution in [0.2, 0.25) is 0 Å². The highest BCUT2D eigenvalue weighted by atomic mass is 32.1. The maximum Gasteiger partial charge on any atom is 0.243 e. The van der Waals surface area contributed by atoms with Gasteiger partial charge < -0.3 is 10.4 Å². The van der Waals surface area contributed by atoms with Gasteiger partial charge in [-0.15, -0.1) is 0 Å². The predicted octanol–water partition coefficient (Wildman–Crippen LogP) is 1.94. The number of rotatable bonds is 6. The fourth-order valence-corrected chi connectivity index (χ4v) is 2.92. The number of nitrogens with one attached hydrogen (secondary N) is 1. The Hall–Kier alpha value is -1.50. The summed E-state index contributed by atoms with van der Waals surface area (Å²) in [4.78, 5) is 18.5. The number of anilines is 1. The van der Waals surface area contributed by atoms with Crippen molar-refractivity contribution in [2.45, 2.75) is 19.9 Å². The maximum atomic E-state index is 12.2. The molecular formula is C14H19N3O2S. The highest BCUT2D eigenvalue weighted by Crippen LogP contribution is 2.25. The summed E-state index contributed by atoms with van der Waals surface area (Å²) in [5.74, 6) is -0.0978.